The molecule has 0 aromatic rings. The standard InChI is InChI=1S/C34H63ClN2O6S/c1-6-8-9-10-11-12-13-14-15-16-17-18-19-21-27(38)42-32-30(40)29(39)31(43-34(32)44-5)28(24(3)35)36-33(41)26-22-25(20-7-2)23-37(26)4/h24-26,28-32,34,39-40H,6-23H2,1-5H3,(H,36,41)/t24-,25+,26+,28-,29+,30-,31+,32-,34+/m1/s1. The molecule has 2 saturated heterocycles. The molecule has 8 nitrogen and oxygen atoms in total. The van der Waals surface area contributed by atoms with Crippen molar-refractivity contribution in [2.24, 2.45) is 5.92 Å². The van der Waals surface area contributed by atoms with Crippen molar-refractivity contribution in [1.82, 2.24) is 10.2 Å². The van der Waals surface area contributed by atoms with Gasteiger partial charge in [-0.15, -0.1) is 23.4 Å². The normalized spacial score (nSPS) is 29.0. The number of amides is 1. The summed E-state index contributed by atoms with van der Waals surface area (Å²) in [6.07, 6.45) is 16.3. The van der Waals surface area contributed by atoms with Gasteiger partial charge in [-0.3, -0.25) is 14.5 Å². The molecule has 2 rings (SSSR count). The molecular formula is C34H63ClN2O6S. The second kappa shape index (κ2) is 22.1. The Hall–Kier alpha value is -0.580. The number of alkyl halides is 1. The number of hydrogen-bond acceptors (Lipinski definition) is 8. The first kappa shape index (κ1) is 39.6. The zero-order chi connectivity index (χ0) is 32.5. The molecule has 2 aliphatic heterocycles. The molecule has 0 spiro atoms. The zero-order valence-corrected chi connectivity index (χ0v) is 29.8. The van der Waals surface area contributed by atoms with Gasteiger partial charge in [0.2, 0.25) is 5.91 Å². The largest absolute Gasteiger partial charge is 0.456 e. The summed E-state index contributed by atoms with van der Waals surface area (Å²) in [6.45, 7) is 7.01. The van der Waals surface area contributed by atoms with E-state index in [9.17, 15) is 19.8 Å². The second-order valence-electron chi connectivity index (χ2n) is 13.2. The van der Waals surface area contributed by atoms with Gasteiger partial charge in [0.25, 0.3) is 0 Å². The van der Waals surface area contributed by atoms with Crippen molar-refractivity contribution in [3.8, 4) is 0 Å². The van der Waals surface area contributed by atoms with Gasteiger partial charge in [-0.2, -0.15) is 0 Å². The number of halogens is 1. The minimum absolute atomic E-state index is 0.152. The highest BCUT2D eigenvalue weighted by Gasteiger charge is 2.50. The summed E-state index contributed by atoms with van der Waals surface area (Å²) in [4.78, 5) is 28.0. The molecule has 44 heavy (non-hydrogen) atoms. The van der Waals surface area contributed by atoms with Crippen LogP contribution in [0, 0.1) is 5.92 Å². The van der Waals surface area contributed by atoms with E-state index in [1.54, 1.807) is 13.2 Å². The molecule has 10 heteroatoms. The maximum absolute atomic E-state index is 13.3. The average molecular weight is 663 g/mol. The smallest absolute Gasteiger partial charge is 0.306 e. The molecule has 0 aromatic heterocycles. The molecule has 2 fully saturated rings. The Balaban J connectivity index is 1.76. The molecule has 9 atom stereocenters. The maximum atomic E-state index is 13.3. The highest BCUT2D eigenvalue weighted by Crippen LogP contribution is 2.33. The fraction of sp³-hybridized carbons (Fsp3) is 0.941. The van der Waals surface area contributed by atoms with E-state index in [0.717, 1.165) is 45.1 Å². The number of nitrogens with one attached hydrogen (secondary N) is 1. The molecule has 0 radical (unpaired) electrons. The van der Waals surface area contributed by atoms with Gasteiger partial charge in [0, 0.05) is 13.0 Å². The van der Waals surface area contributed by atoms with E-state index in [2.05, 4.69) is 24.1 Å². The lowest BCUT2D eigenvalue weighted by atomic mass is 9.92. The van der Waals surface area contributed by atoms with E-state index in [-0.39, 0.29) is 18.4 Å². The van der Waals surface area contributed by atoms with Gasteiger partial charge in [-0.1, -0.05) is 97.3 Å². The lowest BCUT2D eigenvalue weighted by Crippen LogP contribution is -2.65. The maximum Gasteiger partial charge on any atom is 0.306 e. The fourth-order valence-corrected chi connectivity index (χ4v) is 7.65. The van der Waals surface area contributed by atoms with E-state index < -0.39 is 47.2 Å². The van der Waals surface area contributed by atoms with Gasteiger partial charge in [0.05, 0.1) is 17.5 Å². The molecule has 2 heterocycles. The van der Waals surface area contributed by atoms with E-state index >= 15 is 0 Å². The van der Waals surface area contributed by atoms with Gasteiger partial charge in [0.1, 0.15) is 23.7 Å². The summed E-state index contributed by atoms with van der Waals surface area (Å²) in [5.41, 5.74) is -0.702. The number of hydrogen-bond donors (Lipinski definition) is 3. The number of ether oxygens (including phenoxy) is 2. The molecule has 2 aliphatic rings. The molecule has 3 N–H and O–H groups in total. The Kier molecular flexibility index (Phi) is 19.9. The first-order valence-corrected chi connectivity index (χ1v) is 19.2. The Morgan fingerprint density at radius 3 is 2.05 bits per heavy atom. The van der Waals surface area contributed by atoms with Crippen molar-refractivity contribution in [2.45, 2.75) is 177 Å². The molecule has 0 aliphatic carbocycles. The van der Waals surface area contributed by atoms with Gasteiger partial charge in [0.15, 0.2) is 6.10 Å². The Labute approximate surface area is 277 Å². The highest BCUT2D eigenvalue weighted by atomic mass is 35.5. The zero-order valence-electron chi connectivity index (χ0n) is 28.2. The number of nitrogens with zero attached hydrogens (tertiary/aromatic N) is 1. The van der Waals surface area contributed by atoms with Gasteiger partial charge < -0.3 is 25.0 Å². The Morgan fingerprint density at radius 1 is 0.955 bits per heavy atom. The van der Waals surface area contributed by atoms with Gasteiger partial charge >= 0.3 is 5.97 Å². The fourth-order valence-electron chi connectivity index (χ4n) is 6.72. The van der Waals surface area contributed by atoms with Crippen LogP contribution in [0.5, 0.6) is 0 Å². The van der Waals surface area contributed by atoms with Crippen LogP contribution in [-0.4, -0.2) is 94.2 Å². The number of aliphatic hydroxyl groups excluding tert-OH is 2. The number of likely N-dealkylation sites (tertiary alicyclic amines) is 1. The SMILES string of the molecule is CCCCCCCCCCCCCCCC(=O)O[C@@H]1[C@H](O)[C@H](O)[C@H]([C@H](NC(=O)[C@@H]2C[C@H](CCC)CN2C)[C@@H](C)Cl)O[C@H]1SC. The minimum atomic E-state index is -1.38. The van der Waals surface area contributed by atoms with Crippen LogP contribution in [0.3, 0.4) is 0 Å². The summed E-state index contributed by atoms with van der Waals surface area (Å²) >= 11 is 7.82. The molecule has 258 valence electrons. The number of thioether (sulfide) groups is 1. The Morgan fingerprint density at radius 2 is 1.52 bits per heavy atom. The molecule has 1 amide bonds. The van der Waals surface area contributed by atoms with E-state index in [0.29, 0.717) is 5.92 Å². The summed E-state index contributed by atoms with van der Waals surface area (Å²) in [5.74, 6) is -0.0742. The molecule has 0 unspecified atom stereocenters. The number of esters is 1. The van der Waals surface area contributed by atoms with E-state index in [1.165, 1.54) is 76.0 Å². The molecule has 0 bridgehead atoms. The average Bonchev–Trinajstić information content (AvgIpc) is 3.36. The van der Waals surface area contributed by atoms with Crippen LogP contribution in [0.25, 0.3) is 0 Å². The number of carbonyl (C=O) groups is 2. The number of unbranched alkanes of at least 4 members (excludes halogenated alkanes) is 12. The van der Waals surface area contributed by atoms with Crippen molar-refractivity contribution in [3.63, 3.8) is 0 Å². The predicted octanol–water partition coefficient (Wildman–Crippen LogP) is 6.42. The van der Waals surface area contributed by atoms with Crippen molar-refractivity contribution >= 4 is 35.2 Å². The van der Waals surface area contributed by atoms with E-state index in [1.807, 2.05) is 7.05 Å². The van der Waals surface area contributed by atoms with Crippen LogP contribution >= 0.6 is 23.4 Å². The van der Waals surface area contributed by atoms with Crippen LogP contribution < -0.4 is 5.32 Å². The van der Waals surface area contributed by atoms with Crippen LogP contribution in [0.1, 0.15) is 130 Å². The summed E-state index contributed by atoms with van der Waals surface area (Å²) in [7, 11) is 1.95. The summed E-state index contributed by atoms with van der Waals surface area (Å²) < 4.78 is 11.9. The van der Waals surface area contributed by atoms with Crippen molar-refractivity contribution in [1.29, 1.82) is 0 Å². The second-order valence-corrected chi connectivity index (χ2v) is 14.8. The minimum Gasteiger partial charge on any atom is -0.456 e. The van der Waals surface area contributed by atoms with Crippen molar-refractivity contribution < 1.29 is 29.3 Å². The number of aliphatic hydroxyl groups is 2. The van der Waals surface area contributed by atoms with E-state index in [4.69, 9.17) is 21.1 Å². The highest BCUT2D eigenvalue weighted by molar-refractivity contribution is 7.99. The molecular weight excluding hydrogens is 600 g/mol. The topological polar surface area (TPSA) is 108 Å². The lowest BCUT2D eigenvalue weighted by Gasteiger charge is -2.45. The lowest BCUT2D eigenvalue weighted by molar-refractivity contribution is -0.218. The predicted molar refractivity (Wildman–Crippen MR) is 181 cm³/mol. The molecule has 0 aromatic carbocycles. The van der Waals surface area contributed by atoms with Crippen LogP contribution in [0.15, 0.2) is 0 Å². The quantitative estimate of drug-likeness (QED) is 0.0693. The number of carbonyl (C=O) groups excluding carboxylic acids is 2. The number of likely N-dealkylation sites (N-methyl/N-ethyl adjacent to an activating group) is 1. The third kappa shape index (κ3) is 13.3. The summed E-state index contributed by atoms with van der Waals surface area (Å²) in [6, 6.07) is -1.00. The van der Waals surface area contributed by atoms with Crippen LogP contribution in [0.2, 0.25) is 0 Å². The first-order chi connectivity index (χ1) is 21.1. The number of rotatable bonds is 22. The molecule has 0 saturated carbocycles. The first-order valence-electron chi connectivity index (χ1n) is 17.5. The van der Waals surface area contributed by atoms with Crippen LogP contribution in [0.4, 0.5) is 0 Å². The van der Waals surface area contributed by atoms with Crippen LogP contribution in [-0.2, 0) is 19.1 Å². The van der Waals surface area contributed by atoms with Gasteiger partial charge in [-0.25, -0.2) is 0 Å². The third-order valence-corrected chi connectivity index (χ3v) is 10.5. The third-order valence-electron chi connectivity index (χ3n) is 9.36. The summed E-state index contributed by atoms with van der Waals surface area (Å²) in [5, 5.41) is 24.6. The van der Waals surface area contributed by atoms with Crippen molar-refractivity contribution in [3.05, 3.63) is 0 Å². The monoisotopic (exact) mass is 662 g/mol. The van der Waals surface area contributed by atoms with Gasteiger partial charge in [-0.05, 0) is 45.4 Å². The van der Waals surface area contributed by atoms with Crippen molar-refractivity contribution in [2.75, 3.05) is 19.8 Å². The Bertz CT molecular complexity index is 806.